The Labute approximate surface area is 192 Å². The molecule has 0 radical (unpaired) electrons. The second kappa shape index (κ2) is 9.08. The van der Waals surface area contributed by atoms with Crippen molar-refractivity contribution < 1.29 is 14.3 Å². The van der Waals surface area contributed by atoms with Crippen molar-refractivity contribution in [1.29, 1.82) is 0 Å². The lowest BCUT2D eigenvalue weighted by Gasteiger charge is -2.36. The number of phenolic OH excluding ortho intramolecular Hbond substituents is 1. The molecule has 2 aromatic carbocycles. The summed E-state index contributed by atoms with van der Waals surface area (Å²) in [5, 5.41) is 11.5. The molecule has 6 nitrogen and oxygen atoms in total. The second-order valence-electron chi connectivity index (χ2n) is 8.43. The average Bonchev–Trinajstić information content (AvgIpc) is 2.86. The van der Waals surface area contributed by atoms with Gasteiger partial charge in [0.2, 0.25) is 0 Å². The van der Waals surface area contributed by atoms with Gasteiger partial charge in [0.1, 0.15) is 17.1 Å². The van der Waals surface area contributed by atoms with E-state index in [-0.39, 0.29) is 11.8 Å². The maximum absolute atomic E-state index is 12.9. The maximum Gasteiger partial charge on any atom is 0.344 e. The summed E-state index contributed by atoms with van der Waals surface area (Å²) in [5.74, 6) is 0.860. The number of phenols is 1. The van der Waals surface area contributed by atoms with Crippen molar-refractivity contribution in [2.45, 2.75) is 31.8 Å². The number of methoxy groups -OCH3 is 1. The van der Waals surface area contributed by atoms with Crippen LogP contribution in [0.3, 0.4) is 0 Å². The fraction of sp³-hybridized carbons (Fsp3) is 0.259. The predicted octanol–water partition coefficient (Wildman–Crippen LogP) is 5.30. The smallest absolute Gasteiger partial charge is 0.344 e. The zero-order valence-corrected chi connectivity index (χ0v) is 18.5. The largest absolute Gasteiger partial charge is 0.507 e. The minimum atomic E-state index is -0.429. The summed E-state index contributed by atoms with van der Waals surface area (Å²) in [6.45, 7) is 1.40. The number of hydrogen-bond donors (Lipinski definition) is 1. The monoisotopic (exact) mass is 442 g/mol. The van der Waals surface area contributed by atoms with Gasteiger partial charge in [-0.1, -0.05) is 24.6 Å². The van der Waals surface area contributed by atoms with Gasteiger partial charge in [-0.25, -0.2) is 4.79 Å². The highest BCUT2D eigenvalue weighted by atomic mass is 16.5. The average molecular weight is 443 g/mol. The first kappa shape index (κ1) is 21.2. The van der Waals surface area contributed by atoms with Gasteiger partial charge in [-0.05, 0) is 66.9 Å². The molecule has 168 valence electrons. The quantitative estimate of drug-likeness (QED) is 0.423. The number of nitrogens with zero attached hydrogens (tertiary/aromatic N) is 2. The number of fused-ring (bicyclic) bond motifs is 1. The molecule has 0 amide bonds. The van der Waals surface area contributed by atoms with E-state index in [0.29, 0.717) is 23.3 Å². The van der Waals surface area contributed by atoms with Crippen LogP contribution in [0.25, 0.3) is 22.1 Å². The first-order valence-electron chi connectivity index (χ1n) is 11.2. The lowest BCUT2D eigenvalue weighted by Crippen LogP contribution is -2.33. The van der Waals surface area contributed by atoms with Gasteiger partial charge in [0, 0.05) is 30.4 Å². The Morgan fingerprint density at radius 1 is 1.15 bits per heavy atom. The third-order valence-electron chi connectivity index (χ3n) is 6.43. The van der Waals surface area contributed by atoms with E-state index in [9.17, 15) is 9.90 Å². The maximum atomic E-state index is 12.9. The van der Waals surface area contributed by atoms with Crippen molar-refractivity contribution in [3.05, 3.63) is 88.5 Å². The summed E-state index contributed by atoms with van der Waals surface area (Å²) < 4.78 is 11.0. The number of piperidine rings is 1. The van der Waals surface area contributed by atoms with Crippen LogP contribution in [-0.2, 0) is 6.54 Å². The molecule has 1 aliphatic rings. The van der Waals surface area contributed by atoms with E-state index in [2.05, 4.69) is 16.0 Å². The SMILES string of the molecule is COc1ccc(-c2cc3ccc(O)c(CN4CCCC[C@@H]4c4cccnc4)c3oc2=O)cc1. The van der Waals surface area contributed by atoms with Gasteiger partial charge in [-0.3, -0.25) is 9.88 Å². The molecule has 0 saturated carbocycles. The first-order chi connectivity index (χ1) is 16.1. The molecule has 1 aliphatic heterocycles. The molecule has 0 unspecified atom stereocenters. The van der Waals surface area contributed by atoms with Crippen LogP contribution in [-0.4, -0.2) is 28.6 Å². The number of ether oxygens (including phenoxy) is 1. The Balaban J connectivity index is 1.53. The van der Waals surface area contributed by atoms with Crippen LogP contribution >= 0.6 is 0 Å². The second-order valence-corrected chi connectivity index (χ2v) is 8.43. The van der Waals surface area contributed by atoms with Gasteiger partial charge in [0.15, 0.2) is 0 Å². The van der Waals surface area contributed by atoms with Crippen molar-refractivity contribution in [2.75, 3.05) is 13.7 Å². The fourth-order valence-electron chi connectivity index (χ4n) is 4.69. The highest BCUT2D eigenvalue weighted by Gasteiger charge is 2.26. The number of aromatic hydroxyl groups is 1. The van der Waals surface area contributed by atoms with E-state index in [1.54, 1.807) is 25.4 Å². The molecule has 1 atom stereocenters. The van der Waals surface area contributed by atoms with Gasteiger partial charge >= 0.3 is 5.63 Å². The van der Waals surface area contributed by atoms with Crippen LogP contribution < -0.4 is 10.4 Å². The van der Waals surface area contributed by atoms with E-state index in [1.807, 2.05) is 42.6 Å². The van der Waals surface area contributed by atoms with Gasteiger partial charge < -0.3 is 14.3 Å². The normalized spacial score (nSPS) is 16.7. The fourth-order valence-corrected chi connectivity index (χ4v) is 4.69. The van der Waals surface area contributed by atoms with Crippen LogP contribution in [0.2, 0.25) is 0 Å². The molecule has 0 bridgehead atoms. The molecule has 1 N–H and O–H groups in total. The predicted molar refractivity (Wildman–Crippen MR) is 127 cm³/mol. The molecule has 4 aromatic rings. The number of pyridine rings is 1. The van der Waals surface area contributed by atoms with Gasteiger partial charge in [-0.15, -0.1) is 0 Å². The Morgan fingerprint density at radius 2 is 2.00 bits per heavy atom. The molecule has 1 saturated heterocycles. The number of likely N-dealkylation sites (tertiary alicyclic amines) is 1. The number of hydrogen-bond acceptors (Lipinski definition) is 6. The molecule has 1 fully saturated rings. The molecular formula is C27H26N2O4. The van der Waals surface area contributed by atoms with Crippen molar-refractivity contribution in [3.8, 4) is 22.6 Å². The topological polar surface area (TPSA) is 75.8 Å². The lowest BCUT2D eigenvalue weighted by molar-refractivity contribution is 0.139. The number of aromatic nitrogens is 1. The Bertz CT molecular complexity index is 1320. The van der Waals surface area contributed by atoms with Crippen LogP contribution in [0.4, 0.5) is 0 Å². The Hall–Kier alpha value is -3.64. The van der Waals surface area contributed by atoms with E-state index < -0.39 is 5.63 Å². The zero-order chi connectivity index (χ0) is 22.8. The molecule has 33 heavy (non-hydrogen) atoms. The summed E-state index contributed by atoms with van der Waals surface area (Å²) in [7, 11) is 1.61. The van der Waals surface area contributed by atoms with Gasteiger partial charge in [0.05, 0.1) is 18.2 Å². The van der Waals surface area contributed by atoms with Crippen molar-refractivity contribution >= 4 is 11.0 Å². The highest BCUT2D eigenvalue weighted by Crippen LogP contribution is 2.36. The first-order valence-corrected chi connectivity index (χ1v) is 11.2. The highest BCUT2D eigenvalue weighted by molar-refractivity contribution is 5.85. The van der Waals surface area contributed by atoms with Gasteiger partial charge in [0.25, 0.3) is 0 Å². The van der Waals surface area contributed by atoms with Gasteiger partial charge in [-0.2, -0.15) is 0 Å². The standard InChI is InChI=1S/C27H26N2O4/c1-32-21-10-7-18(8-11-21)22-15-19-9-12-25(30)23(26(19)33-27(22)31)17-29-14-3-2-6-24(29)20-5-4-13-28-16-20/h4-5,7-13,15-16,24,30H,2-3,6,14,17H2,1H3/t24-/m1/s1. The number of benzene rings is 2. The number of rotatable bonds is 5. The van der Waals surface area contributed by atoms with E-state index in [4.69, 9.17) is 9.15 Å². The molecular weight excluding hydrogens is 416 g/mol. The van der Waals surface area contributed by atoms with Crippen LogP contribution in [0, 0.1) is 0 Å². The summed E-state index contributed by atoms with van der Waals surface area (Å²) in [6, 6.07) is 16.9. The molecule has 5 rings (SSSR count). The molecule has 0 aliphatic carbocycles. The molecule has 0 spiro atoms. The lowest BCUT2D eigenvalue weighted by atomic mass is 9.95. The summed E-state index contributed by atoms with van der Waals surface area (Å²) in [4.78, 5) is 19.6. The van der Waals surface area contributed by atoms with E-state index in [0.717, 1.165) is 42.5 Å². The minimum absolute atomic E-state index is 0.137. The summed E-state index contributed by atoms with van der Waals surface area (Å²) >= 11 is 0. The third-order valence-corrected chi connectivity index (χ3v) is 6.43. The van der Waals surface area contributed by atoms with Crippen LogP contribution in [0.1, 0.15) is 36.4 Å². The molecule has 2 aromatic heterocycles. The summed E-state index contributed by atoms with van der Waals surface area (Å²) in [5.41, 5.74) is 3.05. The summed E-state index contributed by atoms with van der Waals surface area (Å²) in [6.07, 6.45) is 6.96. The van der Waals surface area contributed by atoms with Crippen molar-refractivity contribution in [2.24, 2.45) is 0 Å². The molecule has 3 heterocycles. The Morgan fingerprint density at radius 3 is 2.76 bits per heavy atom. The molecule has 6 heteroatoms. The van der Waals surface area contributed by atoms with E-state index in [1.165, 1.54) is 5.56 Å². The van der Waals surface area contributed by atoms with Crippen LogP contribution in [0.5, 0.6) is 11.5 Å². The third kappa shape index (κ3) is 4.22. The van der Waals surface area contributed by atoms with E-state index >= 15 is 0 Å². The van der Waals surface area contributed by atoms with Crippen molar-refractivity contribution in [1.82, 2.24) is 9.88 Å². The van der Waals surface area contributed by atoms with Crippen molar-refractivity contribution in [3.63, 3.8) is 0 Å². The van der Waals surface area contributed by atoms with Crippen LogP contribution in [0.15, 0.2) is 76.2 Å². The zero-order valence-electron chi connectivity index (χ0n) is 18.5. The minimum Gasteiger partial charge on any atom is -0.507 e. The Kier molecular flexibility index (Phi) is 5.84.